The van der Waals surface area contributed by atoms with E-state index >= 15 is 0 Å². The SMILES string of the molecule is O=C(CC1(CN2Cc3ccccc3C2=O)CCCCC1)Nc1nn[nH]n1. The van der Waals surface area contributed by atoms with Gasteiger partial charge in [0.1, 0.15) is 0 Å². The number of hydrogen-bond acceptors (Lipinski definition) is 5. The third-order valence-electron chi connectivity index (χ3n) is 5.47. The van der Waals surface area contributed by atoms with Gasteiger partial charge in [0.2, 0.25) is 5.91 Å². The molecular formula is C18H22N6O2. The van der Waals surface area contributed by atoms with Crippen molar-refractivity contribution < 1.29 is 9.59 Å². The predicted octanol–water partition coefficient (Wildman–Crippen LogP) is 2.13. The standard InChI is InChI=1S/C18H22N6O2/c25-15(19-17-20-22-23-21-17)10-18(8-4-1-5-9-18)12-24-11-13-6-2-3-7-14(13)16(24)26/h2-3,6-7H,1,4-5,8-12H2,(H2,19,20,21,22,23,25). The van der Waals surface area contributed by atoms with Gasteiger partial charge in [0.15, 0.2) is 0 Å². The second-order valence-electron chi connectivity index (χ2n) is 7.34. The lowest BCUT2D eigenvalue weighted by molar-refractivity contribution is -0.119. The normalized spacial score (nSPS) is 18.6. The van der Waals surface area contributed by atoms with Gasteiger partial charge in [0.25, 0.3) is 11.9 Å². The number of carbonyl (C=O) groups is 2. The highest BCUT2D eigenvalue weighted by molar-refractivity contribution is 5.98. The van der Waals surface area contributed by atoms with Crippen molar-refractivity contribution in [2.24, 2.45) is 5.41 Å². The fourth-order valence-electron chi connectivity index (χ4n) is 4.26. The molecule has 1 aliphatic carbocycles. The Morgan fingerprint density at radius 3 is 2.77 bits per heavy atom. The average molecular weight is 354 g/mol. The van der Waals surface area contributed by atoms with Crippen LogP contribution in [0.4, 0.5) is 5.95 Å². The molecule has 2 aliphatic rings. The Hall–Kier alpha value is -2.77. The smallest absolute Gasteiger partial charge is 0.269 e. The van der Waals surface area contributed by atoms with E-state index in [9.17, 15) is 9.59 Å². The van der Waals surface area contributed by atoms with Crippen LogP contribution in [0.1, 0.15) is 54.4 Å². The van der Waals surface area contributed by atoms with Crippen molar-refractivity contribution in [3.63, 3.8) is 0 Å². The molecule has 26 heavy (non-hydrogen) atoms. The van der Waals surface area contributed by atoms with Crippen molar-refractivity contribution in [1.29, 1.82) is 0 Å². The molecular weight excluding hydrogens is 332 g/mol. The van der Waals surface area contributed by atoms with E-state index in [-0.39, 0.29) is 23.2 Å². The van der Waals surface area contributed by atoms with Gasteiger partial charge in [-0.1, -0.05) is 42.6 Å². The number of aromatic amines is 1. The number of amides is 2. The number of nitrogens with one attached hydrogen (secondary N) is 2. The first-order valence-corrected chi connectivity index (χ1v) is 9.06. The van der Waals surface area contributed by atoms with Crippen molar-refractivity contribution in [1.82, 2.24) is 25.5 Å². The van der Waals surface area contributed by atoms with Gasteiger partial charge < -0.3 is 4.90 Å². The van der Waals surface area contributed by atoms with E-state index in [0.29, 0.717) is 19.5 Å². The van der Waals surface area contributed by atoms with Gasteiger partial charge in [0.05, 0.1) is 0 Å². The minimum Gasteiger partial charge on any atom is -0.334 e. The number of H-pyrrole nitrogens is 1. The number of rotatable bonds is 5. The monoisotopic (exact) mass is 354 g/mol. The largest absolute Gasteiger partial charge is 0.334 e. The van der Waals surface area contributed by atoms with Crippen LogP contribution in [0.25, 0.3) is 0 Å². The van der Waals surface area contributed by atoms with Crippen LogP contribution in [0.3, 0.4) is 0 Å². The Balaban J connectivity index is 1.48. The first-order valence-electron chi connectivity index (χ1n) is 9.06. The van der Waals surface area contributed by atoms with Gasteiger partial charge in [-0.2, -0.15) is 5.21 Å². The molecule has 0 unspecified atom stereocenters. The quantitative estimate of drug-likeness (QED) is 0.856. The second-order valence-corrected chi connectivity index (χ2v) is 7.34. The van der Waals surface area contributed by atoms with E-state index in [4.69, 9.17) is 0 Å². The molecule has 1 aromatic heterocycles. The van der Waals surface area contributed by atoms with Gasteiger partial charge in [-0.05, 0) is 35.1 Å². The molecule has 2 heterocycles. The zero-order chi connectivity index (χ0) is 18.0. The summed E-state index contributed by atoms with van der Waals surface area (Å²) in [6, 6.07) is 7.75. The summed E-state index contributed by atoms with van der Waals surface area (Å²) in [6.07, 6.45) is 5.62. The highest BCUT2D eigenvalue weighted by Crippen LogP contribution is 2.41. The molecule has 0 bridgehead atoms. The number of tetrazole rings is 1. The molecule has 1 fully saturated rings. The Morgan fingerprint density at radius 2 is 2.04 bits per heavy atom. The van der Waals surface area contributed by atoms with E-state index in [2.05, 4.69) is 25.9 Å². The topological polar surface area (TPSA) is 104 Å². The third kappa shape index (κ3) is 3.31. The Kier molecular flexibility index (Phi) is 4.40. The third-order valence-corrected chi connectivity index (χ3v) is 5.47. The van der Waals surface area contributed by atoms with Crippen LogP contribution < -0.4 is 5.32 Å². The molecule has 2 N–H and O–H groups in total. The summed E-state index contributed by atoms with van der Waals surface area (Å²) in [7, 11) is 0. The number of hydrogen-bond donors (Lipinski definition) is 2. The average Bonchev–Trinajstić information content (AvgIpc) is 3.24. The van der Waals surface area contributed by atoms with Gasteiger partial charge >= 0.3 is 0 Å². The zero-order valence-corrected chi connectivity index (χ0v) is 14.6. The number of fused-ring (bicyclic) bond motifs is 1. The highest BCUT2D eigenvalue weighted by Gasteiger charge is 2.39. The second kappa shape index (κ2) is 6.86. The number of nitrogens with zero attached hydrogens (tertiary/aromatic N) is 4. The first-order chi connectivity index (χ1) is 12.7. The van der Waals surface area contributed by atoms with E-state index in [1.54, 1.807) is 0 Å². The van der Waals surface area contributed by atoms with E-state index < -0.39 is 0 Å². The van der Waals surface area contributed by atoms with Gasteiger partial charge in [-0.3, -0.25) is 14.9 Å². The molecule has 0 radical (unpaired) electrons. The molecule has 1 aromatic carbocycles. The van der Waals surface area contributed by atoms with Crippen molar-refractivity contribution in [2.45, 2.75) is 45.1 Å². The summed E-state index contributed by atoms with van der Waals surface area (Å²) in [4.78, 5) is 27.2. The number of anilines is 1. The molecule has 1 saturated carbocycles. The highest BCUT2D eigenvalue weighted by atomic mass is 16.2. The molecule has 8 nitrogen and oxygen atoms in total. The van der Waals surface area contributed by atoms with Gasteiger partial charge in [0, 0.05) is 25.1 Å². The number of benzene rings is 1. The summed E-state index contributed by atoms with van der Waals surface area (Å²) in [5, 5.41) is 16.0. The van der Waals surface area contributed by atoms with Crippen LogP contribution in [0.2, 0.25) is 0 Å². The Labute approximate surface area is 151 Å². The minimum atomic E-state index is -0.191. The maximum atomic E-state index is 12.7. The van der Waals surface area contributed by atoms with Crippen LogP contribution in [0.5, 0.6) is 0 Å². The molecule has 136 valence electrons. The molecule has 4 rings (SSSR count). The van der Waals surface area contributed by atoms with Crippen molar-refractivity contribution in [2.75, 3.05) is 11.9 Å². The predicted molar refractivity (Wildman–Crippen MR) is 94.1 cm³/mol. The lowest BCUT2D eigenvalue weighted by Crippen LogP contribution is -2.41. The number of aromatic nitrogens is 4. The van der Waals surface area contributed by atoms with Gasteiger partial charge in [-0.25, -0.2) is 0 Å². The Bertz CT molecular complexity index is 798. The maximum Gasteiger partial charge on any atom is 0.269 e. The van der Waals surface area contributed by atoms with Gasteiger partial charge in [-0.15, -0.1) is 5.10 Å². The lowest BCUT2D eigenvalue weighted by atomic mass is 9.71. The number of carbonyl (C=O) groups excluding carboxylic acids is 2. The lowest BCUT2D eigenvalue weighted by Gasteiger charge is -2.39. The van der Waals surface area contributed by atoms with Crippen LogP contribution in [-0.4, -0.2) is 43.9 Å². The van der Waals surface area contributed by atoms with E-state index in [0.717, 1.165) is 36.8 Å². The fraction of sp³-hybridized carbons (Fsp3) is 0.500. The van der Waals surface area contributed by atoms with Crippen LogP contribution in [0.15, 0.2) is 24.3 Å². The first kappa shape index (κ1) is 16.7. The van der Waals surface area contributed by atoms with Crippen LogP contribution >= 0.6 is 0 Å². The zero-order valence-electron chi connectivity index (χ0n) is 14.6. The van der Waals surface area contributed by atoms with Crippen LogP contribution in [-0.2, 0) is 11.3 Å². The van der Waals surface area contributed by atoms with E-state index in [1.165, 1.54) is 6.42 Å². The van der Waals surface area contributed by atoms with E-state index in [1.807, 2.05) is 29.2 Å². The molecule has 0 saturated heterocycles. The summed E-state index contributed by atoms with van der Waals surface area (Å²) in [6.45, 7) is 1.24. The summed E-state index contributed by atoms with van der Waals surface area (Å²) >= 11 is 0. The Morgan fingerprint density at radius 1 is 1.23 bits per heavy atom. The summed E-state index contributed by atoms with van der Waals surface area (Å²) in [5.74, 6) is 0.132. The van der Waals surface area contributed by atoms with Crippen molar-refractivity contribution in [3.8, 4) is 0 Å². The van der Waals surface area contributed by atoms with Crippen molar-refractivity contribution >= 4 is 17.8 Å². The van der Waals surface area contributed by atoms with Crippen LogP contribution in [0, 0.1) is 5.41 Å². The maximum absolute atomic E-state index is 12.7. The summed E-state index contributed by atoms with van der Waals surface area (Å²) < 4.78 is 0. The van der Waals surface area contributed by atoms with Crippen molar-refractivity contribution in [3.05, 3.63) is 35.4 Å². The molecule has 0 atom stereocenters. The summed E-state index contributed by atoms with van der Waals surface area (Å²) in [5.41, 5.74) is 1.67. The molecule has 1 aliphatic heterocycles. The molecule has 8 heteroatoms. The fourth-order valence-corrected chi connectivity index (χ4v) is 4.26. The molecule has 0 spiro atoms. The molecule has 2 aromatic rings. The minimum absolute atomic E-state index is 0.0733. The molecule has 2 amide bonds.